The molecule has 0 saturated carbocycles. The normalized spacial score (nSPS) is 12.2. The number of aromatic nitrogens is 1. The molecule has 0 aromatic carbocycles. The first-order chi connectivity index (χ1) is 7.56. The Labute approximate surface area is 93.1 Å². The summed E-state index contributed by atoms with van der Waals surface area (Å²) in [5, 5.41) is 8.70. The summed E-state index contributed by atoms with van der Waals surface area (Å²) in [4.78, 5) is 14.3. The van der Waals surface area contributed by atoms with Gasteiger partial charge in [0.1, 0.15) is 5.56 Å². The van der Waals surface area contributed by atoms with Gasteiger partial charge in [-0.25, -0.2) is 14.2 Å². The molecule has 0 fully saturated rings. The monoisotopic (exact) mass is 227 g/mol. The number of hydrogen-bond acceptors (Lipinski definition) is 3. The van der Waals surface area contributed by atoms with Crippen LogP contribution in [0.3, 0.4) is 0 Å². The van der Waals surface area contributed by atoms with Crippen molar-refractivity contribution in [2.45, 2.75) is 32.8 Å². The second kappa shape index (κ2) is 5.44. The van der Waals surface area contributed by atoms with Gasteiger partial charge in [-0.3, -0.25) is 0 Å². The van der Waals surface area contributed by atoms with Gasteiger partial charge in [-0.05, 0) is 19.4 Å². The molecule has 88 valence electrons. The largest absolute Gasteiger partial charge is 0.478 e. The lowest BCUT2D eigenvalue weighted by Crippen LogP contribution is -2.14. The van der Waals surface area contributed by atoms with Crippen LogP contribution in [0.15, 0.2) is 12.3 Å². The van der Waals surface area contributed by atoms with Crippen LogP contribution in [0.4, 0.5) is 4.39 Å². The molecule has 0 spiro atoms. The van der Waals surface area contributed by atoms with Crippen LogP contribution in [0.25, 0.3) is 0 Å². The van der Waals surface area contributed by atoms with Crippen molar-refractivity contribution in [3.8, 4) is 5.88 Å². The van der Waals surface area contributed by atoms with Crippen molar-refractivity contribution in [1.29, 1.82) is 0 Å². The fourth-order valence-corrected chi connectivity index (χ4v) is 1.33. The van der Waals surface area contributed by atoms with E-state index in [-0.39, 0.29) is 12.0 Å². The number of carboxylic acids is 1. The molecule has 0 bridgehead atoms. The molecule has 0 radical (unpaired) electrons. The molecule has 16 heavy (non-hydrogen) atoms. The van der Waals surface area contributed by atoms with Crippen LogP contribution in [0.2, 0.25) is 0 Å². The van der Waals surface area contributed by atoms with Gasteiger partial charge in [0, 0.05) is 6.20 Å². The van der Waals surface area contributed by atoms with Crippen molar-refractivity contribution >= 4 is 5.97 Å². The summed E-state index contributed by atoms with van der Waals surface area (Å²) < 4.78 is 18.8. The number of carbonyl (C=O) groups is 1. The number of pyridine rings is 1. The predicted octanol–water partition coefficient (Wildman–Crippen LogP) is 2.49. The maximum Gasteiger partial charge on any atom is 0.338 e. The maximum absolute atomic E-state index is 13.6. The van der Waals surface area contributed by atoms with E-state index < -0.39 is 17.3 Å². The average molecular weight is 227 g/mol. The van der Waals surface area contributed by atoms with E-state index in [0.29, 0.717) is 0 Å². The fraction of sp³-hybridized carbons (Fsp3) is 0.455. The Morgan fingerprint density at radius 3 is 2.94 bits per heavy atom. The van der Waals surface area contributed by atoms with Crippen molar-refractivity contribution in [1.82, 2.24) is 4.98 Å². The Morgan fingerprint density at radius 2 is 2.38 bits per heavy atom. The fourth-order valence-electron chi connectivity index (χ4n) is 1.33. The van der Waals surface area contributed by atoms with E-state index in [0.717, 1.165) is 18.9 Å². The average Bonchev–Trinajstić information content (AvgIpc) is 2.21. The number of hydrogen-bond donors (Lipinski definition) is 1. The topological polar surface area (TPSA) is 59.4 Å². The zero-order valence-electron chi connectivity index (χ0n) is 9.24. The van der Waals surface area contributed by atoms with Crippen LogP contribution in [0.5, 0.6) is 5.88 Å². The van der Waals surface area contributed by atoms with Gasteiger partial charge >= 0.3 is 5.97 Å². The van der Waals surface area contributed by atoms with Gasteiger partial charge in [-0.1, -0.05) is 13.3 Å². The van der Waals surface area contributed by atoms with Crippen LogP contribution in [-0.2, 0) is 0 Å². The summed E-state index contributed by atoms with van der Waals surface area (Å²) in [5.74, 6) is -2.49. The molecule has 1 unspecified atom stereocenters. The van der Waals surface area contributed by atoms with Crippen LogP contribution < -0.4 is 4.74 Å². The Hall–Kier alpha value is -1.65. The Balaban J connectivity index is 2.89. The van der Waals surface area contributed by atoms with Gasteiger partial charge in [-0.2, -0.15) is 0 Å². The van der Waals surface area contributed by atoms with Crippen molar-refractivity contribution < 1.29 is 19.0 Å². The molecular formula is C11H14FNO3. The second-order valence-corrected chi connectivity index (χ2v) is 3.50. The van der Waals surface area contributed by atoms with Crippen molar-refractivity contribution in [2.75, 3.05) is 0 Å². The minimum atomic E-state index is -1.33. The third-order valence-corrected chi connectivity index (χ3v) is 2.10. The highest BCUT2D eigenvalue weighted by atomic mass is 19.1. The summed E-state index contributed by atoms with van der Waals surface area (Å²) in [6.45, 7) is 3.77. The van der Waals surface area contributed by atoms with Crippen LogP contribution in [0.1, 0.15) is 37.0 Å². The van der Waals surface area contributed by atoms with Gasteiger partial charge in [0.25, 0.3) is 5.88 Å². The summed E-state index contributed by atoms with van der Waals surface area (Å²) >= 11 is 0. The minimum absolute atomic E-state index is 0.184. The summed E-state index contributed by atoms with van der Waals surface area (Å²) in [6.07, 6.45) is 2.71. The molecule has 0 amide bonds. The van der Waals surface area contributed by atoms with E-state index in [2.05, 4.69) is 4.98 Å². The molecule has 1 aromatic heterocycles. The lowest BCUT2D eigenvalue weighted by atomic mass is 10.2. The van der Waals surface area contributed by atoms with Gasteiger partial charge in [0.2, 0.25) is 0 Å². The molecule has 1 N–H and O–H groups in total. The van der Waals surface area contributed by atoms with Gasteiger partial charge in [-0.15, -0.1) is 0 Å². The predicted molar refractivity (Wildman–Crippen MR) is 56.2 cm³/mol. The Bertz CT molecular complexity index is 381. The zero-order valence-corrected chi connectivity index (χ0v) is 9.24. The Kier molecular flexibility index (Phi) is 4.22. The first-order valence-electron chi connectivity index (χ1n) is 5.10. The number of carboxylic acid groups (broad SMARTS) is 1. The SMILES string of the molecule is CCCC(C)Oc1nccc(C(=O)O)c1F. The van der Waals surface area contributed by atoms with Crippen LogP contribution in [-0.4, -0.2) is 22.2 Å². The lowest BCUT2D eigenvalue weighted by Gasteiger charge is -2.13. The summed E-state index contributed by atoms with van der Waals surface area (Å²) in [6, 6.07) is 1.11. The molecule has 5 heteroatoms. The van der Waals surface area contributed by atoms with Crippen molar-refractivity contribution in [3.63, 3.8) is 0 Å². The molecule has 0 saturated heterocycles. The molecule has 1 heterocycles. The van der Waals surface area contributed by atoms with Crippen molar-refractivity contribution in [3.05, 3.63) is 23.6 Å². The maximum atomic E-state index is 13.6. The molecule has 0 aliphatic heterocycles. The highest BCUT2D eigenvalue weighted by Crippen LogP contribution is 2.19. The third-order valence-electron chi connectivity index (χ3n) is 2.10. The van der Waals surface area contributed by atoms with E-state index in [1.165, 1.54) is 6.20 Å². The number of nitrogens with zero attached hydrogens (tertiary/aromatic N) is 1. The first kappa shape index (κ1) is 12.4. The van der Waals surface area contributed by atoms with Crippen molar-refractivity contribution in [2.24, 2.45) is 0 Å². The van der Waals surface area contributed by atoms with Gasteiger partial charge in [0.05, 0.1) is 6.10 Å². The third kappa shape index (κ3) is 2.92. The molecule has 1 atom stereocenters. The zero-order chi connectivity index (χ0) is 12.1. The Morgan fingerprint density at radius 1 is 1.69 bits per heavy atom. The smallest absolute Gasteiger partial charge is 0.338 e. The molecule has 0 aliphatic carbocycles. The standard InChI is InChI=1S/C11H14FNO3/c1-3-4-7(2)16-10-9(12)8(11(14)15)5-6-13-10/h5-7H,3-4H2,1-2H3,(H,14,15). The highest BCUT2D eigenvalue weighted by molar-refractivity contribution is 5.88. The second-order valence-electron chi connectivity index (χ2n) is 3.50. The first-order valence-corrected chi connectivity index (χ1v) is 5.10. The quantitative estimate of drug-likeness (QED) is 0.839. The van der Waals surface area contributed by atoms with Gasteiger partial charge in [0.15, 0.2) is 5.82 Å². The minimum Gasteiger partial charge on any atom is -0.478 e. The van der Waals surface area contributed by atoms with E-state index in [4.69, 9.17) is 9.84 Å². The number of aromatic carboxylic acids is 1. The van der Waals surface area contributed by atoms with E-state index in [9.17, 15) is 9.18 Å². The summed E-state index contributed by atoms with van der Waals surface area (Å²) in [5.41, 5.74) is -0.423. The van der Waals surface area contributed by atoms with E-state index in [1.54, 1.807) is 6.92 Å². The lowest BCUT2D eigenvalue weighted by molar-refractivity contribution is 0.0689. The number of ether oxygens (including phenoxy) is 1. The molecule has 1 rings (SSSR count). The van der Waals surface area contributed by atoms with E-state index >= 15 is 0 Å². The summed E-state index contributed by atoms with van der Waals surface area (Å²) in [7, 11) is 0. The van der Waals surface area contributed by atoms with Gasteiger partial charge < -0.3 is 9.84 Å². The molecule has 1 aromatic rings. The van der Waals surface area contributed by atoms with Crippen LogP contribution >= 0.6 is 0 Å². The number of rotatable bonds is 5. The van der Waals surface area contributed by atoms with E-state index in [1.807, 2.05) is 6.92 Å². The van der Waals surface area contributed by atoms with Crippen LogP contribution in [0, 0.1) is 5.82 Å². The molecule has 4 nitrogen and oxygen atoms in total. The highest BCUT2D eigenvalue weighted by Gasteiger charge is 2.17. The number of halogens is 1. The molecule has 0 aliphatic rings. The molecular weight excluding hydrogens is 213 g/mol.